The largest absolute Gasteiger partial charge is 0.397 e. The molecule has 15 heavy (non-hydrogen) atoms. The van der Waals surface area contributed by atoms with Crippen molar-refractivity contribution in [3.05, 3.63) is 33.8 Å². The smallest absolute Gasteiger partial charge is 0.0630 e. The fourth-order valence-corrected chi connectivity index (χ4v) is 2.53. The highest BCUT2D eigenvalue weighted by Gasteiger charge is 2.11. The normalized spacial score (nSPS) is 10.9. The first kappa shape index (κ1) is 10.3. The Hall–Kier alpha value is -1.22. The molecule has 0 amide bonds. The fraction of sp³-hybridized carbons (Fsp3) is 0.167. The number of rotatable bonds is 0. The van der Waals surface area contributed by atoms with E-state index >= 15 is 0 Å². The summed E-state index contributed by atoms with van der Waals surface area (Å²) in [4.78, 5) is 0. The number of nitrogen functional groups attached to an aromatic ring is 2. The Kier molecular flexibility index (Phi) is 2.35. The van der Waals surface area contributed by atoms with Gasteiger partial charge in [0.2, 0.25) is 0 Å². The van der Waals surface area contributed by atoms with E-state index in [4.69, 9.17) is 11.5 Å². The molecule has 0 aromatic heterocycles. The van der Waals surface area contributed by atoms with Crippen LogP contribution in [0.4, 0.5) is 11.4 Å². The summed E-state index contributed by atoms with van der Waals surface area (Å²) in [6.45, 7) is 4.07. The summed E-state index contributed by atoms with van der Waals surface area (Å²) in [5.74, 6) is 0. The Morgan fingerprint density at radius 2 is 1.67 bits per heavy atom. The Labute approximate surface area is 97.4 Å². The lowest BCUT2D eigenvalue weighted by Gasteiger charge is -2.14. The molecule has 0 aliphatic rings. The van der Waals surface area contributed by atoms with E-state index in [-0.39, 0.29) is 0 Å². The molecule has 0 fully saturated rings. The molecule has 0 aliphatic heterocycles. The van der Waals surface area contributed by atoms with Gasteiger partial charge in [0.05, 0.1) is 11.4 Å². The van der Waals surface area contributed by atoms with Crippen molar-refractivity contribution >= 4 is 38.1 Å². The first-order chi connectivity index (χ1) is 7.04. The van der Waals surface area contributed by atoms with Crippen molar-refractivity contribution in [1.82, 2.24) is 0 Å². The number of aryl methyl sites for hydroxylation is 1. The molecule has 0 spiro atoms. The summed E-state index contributed by atoms with van der Waals surface area (Å²) in [5.41, 5.74) is 15.6. The van der Waals surface area contributed by atoms with Crippen LogP contribution in [0.2, 0.25) is 0 Å². The Balaban J connectivity index is 3.08. The van der Waals surface area contributed by atoms with Gasteiger partial charge in [0, 0.05) is 15.2 Å². The Morgan fingerprint density at radius 1 is 1.00 bits per heavy atom. The van der Waals surface area contributed by atoms with E-state index in [0.717, 1.165) is 20.8 Å². The lowest BCUT2D eigenvalue weighted by atomic mass is 9.97. The van der Waals surface area contributed by atoms with Gasteiger partial charge in [0.25, 0.3) is 0 Å². The minimum absolute atomic E-state index is 0.675. The minimum Gasteiger partial charge on any atom is -0.397 e. The van der Waals surface area contributed by atoms with Gasteiger partial charge in [-0.2, -0.15) is 0 Å². The van der Waals surface area contributed by atoms with Gasteiger partial charge in [-0.05, 0) is 31.0 Å². The Bertz CT molecular complexity index is 547. The third-order valence-corrected chi connectivity index (χ3v) is 3.60. The summed E-state index contributed by atoms with van der Waals surface area (Å²) < 4.78 is 1.06. The van der Waals surface area contributed by atoms with Crippen LogP contribution in [0.25, 0.3) is 10.8 Å². The molecule has 2 rings (SSSR count). The van der Waals surface area contributed by atoms with E-state index < -0.39 is 0 Å². The summed E-state index contributed by atoms with van der Waals surface area (Å²) in [5, 5.41) is 2.17. The van der Waals surface area contributed by atoms with Crippen LogP contribution in [0.15, 0.2) is 22.7 Å². The third-order valence-electron chi connectivity index (χ3n) is 2.94. The molecule has 0 saturated heterocycles. The third kappa shape index (κ3) is 1.38. The van der Waals surface area contributed by atoms with E-state index in [0.29, 0.717) is 11.4 Å². The molecule has 0 atom stereocenters. The summed E-state index contributed by atoms with van der Waals surface area (Å²) in [6, 6.07) is 5.99. The predicted molar refractivity (Wildman–Crippen MR) is 69.9 cm³/mol. The number of benzene rings is 2. The highest BCUT2D eigenvalue weighted by molar-refractivity contribution is 9.10. The molecule has 0 saturated carbocycles. The lowest BCUT2D eigenvalue weighted by Crippen LogP contribution is -2.01. The highest BCUT2D eigenvalue weighted by Crippen LogP contribution is 2.37. The van der Waals surface area contributed by atoms with Crippen LogP contribution in [-0.2, 0) is 0 Å². The van der Waals surface area contributed by atoms with Crippen molar-refractivity contribution < 1.29 is 0 Å². The number of nitrogens with two attached hydrogens (primary N) is 2. The van der Waals surface area contributed by atoms with Crippen molar-refractivity contribution in [2.24, 2.45) is 0 Å². The van der Waals surface area contributed by atoms with Gasteiger partial charge in [-0.3, -0.25) is 0 Å². The molecule has 2 aromatic carbocycles. The second-order valence-corrected chi connectivity index (χ2v) is 4.59. The van der Waals surface area contributed by atoms with Crippen LogP contribution in [0.3, 0.4) is 0 Å². The van der Waals surface area contributed by atoms with Crippen LogP contribution in [-0.4, -0.2) is 0 Å². The average molecular weight is 265 g/mol. The average Bonchev–Trinajstić information content (AvgIpc) is 2.23. The topological polar surface area (TPSA) is 52.0 Å². The number of hydrogen-bond donors (Lipinski definition) is 2. The predicted octanol–water partition coefficient (Wildman–Crippen LogP) is 3.38. The molecule has 0 bridgehead atoms. The molecule has 0 unspecified atom stereocenters. The zero-order valence-electron chi connectivity index (χ0n) is 8.76. The van der Waals surface area contributed by atoms with E-state index in [1.54, 1.807) is 0 Å². The SMILES string of the molecule is Cc1c(N)c(N)c2cccc(Br)c2c1C. The van der Waals surface area contributed by atoms with Crippen molar-refractivity contribution in [3.63, 3.8) is 0 Å². The summed E-state index contributed by atoms with van der Waals surface area (Å²) in [7, 11) is 0. The molecule has 0 aliphatic carbocycles. The maximum Gasteiger partial charge on any atom is 0.0630 e. The lowest BCUT2D eigenvalue weighted by molar-refractivity contribution is 1.38. The molecular formula is C12H13BrN2. The minimum atomic E-state index is 0.675. The Morgan fingerprint density at radius 3 is 2.33 bits per heavy atom. The van der Waals surface area contributed by atoms with Crippen LogP contribution in [0.5, 0.6) is 0 Å². The van der Waals surface area contributed by atoms with Gasteiger partial charge < -0.3 is 11.5 Å². The zero-order chi connectivity index (χ0) is 11.2. The first-order valence-corrected chi connectivity index (χ1v) is 5.55. The van der Waals surface area contributed by atoms with Gasteiger partial charge in [0.1, 0.15) is 0 Å². The van der Waals surface area contributed by atoms with Crippen molar-refractivity contribution in [3.8, 4) is 0 Å². The van der Waals surface area contributed by atoms with Crippen LogP contribution in [0.1, 0.15) is 11.1 Å². The number of anilines is 2. The zero-order valence-corrected chi connectivity index (χ0v) is 10.4. The fourth-order valence-electron chi connectivity index (χ4n) is 1.87. The number of hydrogen-bond acceptors (Lipinski definition) is 2. The second kappa shape index (κ2) is 3.42. The van der Waals surface area contributed by atoms with Crippen LogP contribution >= 0.6 is 15.9 Å². The van der Waals surface area contributed by atoms with Gasteiger partial charge in [-0.1, -0.05) is 28.1 Å². The molecule has 78 valence electrons. The van der Waals surface area contributed by atoms with Gasteiger partial charge in [-0.15, -0.1) is 0 Å². The highest BCUT2D eigenvalue weighted by atomic mass is 79.9. The van der Waals surface area contributed by atoms with E-state index in [9.17, 15) is 0 Å². The maximum atomic E-state index is 6.01. The van der Waals surface area contributed by atoms with Crippen molar-refractivity contribution in [1.29, 1.82) is 0 Å². The molecule has 0 heterocycles. The summed E-state index contributed by atoms with van der Waals surface area (Å²) >= 11 is 3.54. The quantitative estimate of drug-likeness (QED) is 0.717. The molecule has 2 nitrogen and oxygen atoms in total. The standard InChI is InChI=1S/C12H13BrN2/c1-6-7(2)11(14)12(15)8-4-3-5-9(13)10(6)8/h3-5H,14-15H2,1-2H3. The van der Waals surface area contributed by atoms with Crippen LogP contribution in [0, 0.1) is 13.8 Å². The van der Waals surface area contributed by atoms with Gasteiger partial charge in [0.15, 0.2) is 0 Å². The van der Waals surface area contributed by atoms with Gasteiger partial charge in [-0.25, -0.2) is 0 Å². The van der Waals surface area contributed by atoms with Gasteiger partial charge >= 0.3 is 0 Å². The molecule has 3 heteroatoms. The molecular weight excluding hydrogens is 252 g/mol. The molecule has 0 radical (unpaired) electrons. The van der Waals surface area contributed by atoms with E-state index in [2.05, 4.69) is 22.9 Å². The van der Waals surface area contributed by atoms with E-state index in [1.165, 1.54) is 5.56 Å². The van der Waals surface area contributed by atoms with Crippen molar-refractivity contribution in [2.45, 2.75) is 13.8 Å². The summed E-state index contributed by atoms with van der Waals surface area (Å²) in [6.07, 6.45) is 0. The number of halogens is 1. The van der Waals surface area contributed by atoms with Crippen LogP contribution < -0.4 is 11.5 Å². The van der Waals surface area contributed by atoms with Crippen molar-refractivity contribution in [2.75, 3.05) is 11.5 Å². The van der Waals surface area contributed by atoms with E-state index in [1.807, 2.05) is 25.1 Å². The maximum absolute atomic E-state index is 6.01. The first-order valence-electron chi connectivity index (χ1n) is 4.76. The molecule has 4 N–H and O–H groups in total. The second-order valence-electron chi connectivity index (χ2n) is 3.74. The monoisotopic (exact) mass is 264 g/mol. The molecule has 2 aromatic rings. The number of fused-ring (bicyclic) bond motifs is 1.